The molecule has 0 spiro atoms. The Bertz CT molecular complexity index is 1110. The van der Waals surface area contributed by atoms with Gasteiger partial charge < -0.3 is 15.5 Å². The number of benzene rings is 1. The van der Waals surface area contributed by atoms with Crippen molar-refractivity contribution in [3.8, 4) is 6.07 Å². The molecule has 0 aromatic heterocycles. The Kier molecular flexibility index (Phi) is 7.14. The molecule has 1 aromatic carbocycles. The number of alkyl halides is 4. The van der Waals surface area contributed by atoms with Crippen LogP contribution in [0.1, 0.15) is 37.7 Å². The van der Waals surface area contributed by atoms with Crippen LogP contribution in [0.25, 0.3) is 0 Å². The van der Waals surface area contributed by atoms with Gasteiger partial charge in [0.1, 0.15) is 12.1 Å². The van der Waals surface area contributed by atoms with Gasteiger partial charge in [-0.25, -0.2) is 8.78 Å². The molecule has 0 unspecified atom stereocenters. The van der Waals surface area contributed by atoms with Gasteiger partial charge in [0.25, 0.3) is 11.8 Å². The maximum Gasteiger partial charge on any atom is 0.350 e. The van der Waals surface area contributed by atoms with Crippen molar-refractivity contribution in [3.05, 3.63) is 33.8 Å². The maximum atomic E-state index is 15.4. The highest BCUT2D eigenvalue weighted by molar-refractivity contribution is 6.34. The van der Waals surface area contributed by atoms with Gasteiger partial charge in [0.05, 0.1) is 12.0 Å². The first kappa shape index (κ1) is 26.5. The zero-order valence-corrected chi connectivity index (χ0v) is 20.3. The van der Waals surface area contributed by atoms with E-state index in [9.17, 15) is 28.4 Å². The number of hydrogen-bond acceptors (Lipinski definition) is 4. The molecule has 4 aliphatic rings. The molecule has 3 amide bonds. The third-order valence-corrected chi connectivity index (χ3v) is 7.52. The minimum atomic E-state index is -4.21. The molecule has 1 aromatic rings. The highest BCUT2D eigenvalue weighted by Crippen LogP contribution is 2.50. The van der Waals surface area contributed by atoms with Gasteiger partial charge in [-0.05, 0) is 43.9 Å². The molecular formula is C23H22Cl2F4N4O3. The zero-order chi connectivity index (χ0) is 26.4. The smallest absolute Gasteiger partial charge is 0.350 e. The molecule has 5 rings (SSSR count). The van der Waals surface area contributed by atoms with Crippen LogP contribution >= 0.6 is 23.2 Å². The Hall–Kier alpha value is -2.58. The van der Waals surface area contributed by atoms with Crippen LogP contribution in [-0.2, 0) is 20.3 Å². The number of carbonyl (C=O) groups excluding carboxylic acids is 3. The molecule has 36 heavy (non-hydrogen) atoms. The van der Waals surface area contributed by atoms with Crippen LogP contribution in [0, 0.1) is 23.2 Å². The van der Waals surface area contributed by atoms with Crippen molar-refractivity contribution in [2.24, 2.45) is 11.8 Å². The number of rotatable bonds is 6. The predicted molar refractivity (Wildman–Crippen MR) is 120 cm³/mol. The first-order valence-electron chi connectivity index (χ1n) is 11.4. The van der Waals surface area contributed by atoms with Crippen molar-refractivity contribution < 1.29 is 31.9 Å². The van der Waals surface area contributed by atoms with Crippen LogP contribution in [0.3, 0.4) is 0 Å². The number of fused-ring (bicyclic) bond motifs is 3. The lowest BCUT2D eigenvalue weighted by Gasteiger charge is -2.54. The zero-order valence-electron chi connectivity index (χ0n) is 18.7. The van der Waals surface area contributed by atoms with Gasteiger partial charge in [-0.2, -0.15) is 14.0 Å². The van der Waals surface area contributed by atoms with Gasteiger partial charge in [-0.3, -0.25) is 14.4 Å². The second kappa shape index (κ2) is 9.71. The fourth-order valence-electron chi connectivity index (χ4n) is 5.38. The minimum Gasteiger partial charge on any atom is -0.356 e. The summed E-state index contributed by atoms with van der Waals surface area (Å²) in [4.78, 5) is 38.8. The van der Waals surface area contributed by atoms with Gasteiger partial charge in [0.15, 0.2) is 0 Å². The quantitative estimate of drug-likeness (QED) is 0.530. The molecular weight excluding hydrogens is 527 g/mol. The SMILES string of the molecule is N#C[C@H](C[C@@H]1CCNC1=O)NC(=O)[C@@H]1[C@H]2CC[C@H](CC2(F)F)N1C(=O)C(F)(F)c1cc(Cl)cc(Cl)c1. The molecule has 3 saturated heterocycles. The van der Waals surface area contributed by atoms with E-state index < -0.39 is 65.6 Å². The van der Waals surface area contributed by atoms with E-state index in [1.54, 1.807) is 0 Å². The summed E-state index contributed by atoms with van der Waals surface area (Å²) >= 11 is 11.6. The highest BCUT2D eigenvalue weighted by Gasteiger charge is 2.63. The maximum absolute atomic E-state index is 15.4. The van der Waals surface area contributed by atoms with Crippen LogP contribution in [0.2, 0.25) is 10.0 Å². The lowest BCUT2D eigenvalue weighted by atomic mass is 9.71. The van der Waals surface area contributed by atoms with E-state index >= 15 is 8.78 Å². The van der Waals surface area contributed by atoms with E-state index in [0.717, 1.165) is 12.1 Å². The van der Waals surface area contributed by atoms with Gasteiger partial charge >= 0.3 is 5.92 Å². The van der Waals surface area contributed by atoms with Crippen molar-refractivity contribution in [2.45, 2.75) is 62.1 Å². The summed E-state index contributed by atoms with van der Waals surface area (Å²) in [5, 5.41) is 14.1. The van der Waals surface area contributed by atoms with Crippen molar-refractivity contribution in [2.75, 3.05) is 6.54 Å². The Morgan fingerprint density at radius 3 is 2.44 bits per heavy atom. The largest absolute Gasteiger partial charge is 0.356 e. The van der Waals surface area contributed by atoms with Crippen LogP contribution in [0.5, 0.6) is 0 Å². The number of nitrogens with one attached hydrogen (secondary N) is 2. The van der Waals surface area contributed by atoms with Gasteiger partial charge in [-0.1, -0.05) is 23.2 Å². The Balaban J connectivity index is 1.63. The van der Waals surface area contributed by atoms with E-state index in [2.05, 4.69) is 10.6 Å². The number of carbonyl (C=O) groups is 3. The third-order valence-electron chi connectivity index (χ3n) is 7.09. The Morgan fingerprint density at radius 1 is 1.22 bits per heavy atom. The van der Waals surface area contributed by atoms with E-state index in [-0.39, 0.29) is 35.2 Å². The molecule has 2 N–H and O–H groups in total. The molecule has 0 radical (unpaired) electrons. The summed E-state index contributed by atoms with van der Waals surface area (Å²) < 4.78 is 60.4. The van der Waals surface area contributed by atoms with Crippen molar-refractivity contribution in [3.63, 3.8) is 0 Å². The lowest BCUT2D eigenvalue weighted by Crippen LogP contribution is -2.70. The average Bonchev–Trinajstić information content (AvgIpc) is 3.20. The molecule has 7 nitrogen and oxygen atoms in total. The number of halogens is 6. The van der Waals surface area contributed by atoms with E-state index in [1.165, 1.54) is 6.07 Å². The summed E-state index contributed by atoms with van der Waals surface area (Å²) in [6.45, 7) is 0.402. The first-order valence-corrected chi connectivity index (χ1v) is 12.1. The second-order valence-electron chi connectivity index (χ2n) is 9.40. The first-order chi connectivity index (χ1) is 16.8. The molecule has 1 aliphatic carbocycles. The van der Waals surface area contributed by atoms with E-state index in [0.29, 0.717) is 17.9 Å². The van der Waals surface area contributed by atoms with E-state index in [1.807, 2.05) is 6.07 Å². The summed E-state index contributed by atoms with van der Waals surface area (Å²) in [6.07, 6.45) is -0.638. The number of nitrogens with zero attached hydrogens (tertiary/aromatic N) is 2. The summed E-state index contributed by atoms with van der Waals surface area (Å²) in [7, 11) is 0. The van der Waals surface area contributed by atoms with E-state index in [4.69, 9.17) is 23.2 Å². The average molecular weight is 549 g/mol. The minimum absolute atomic E-state index is 0.0199. The second-order valence-corrected chi connectivity index (χ2v) is 10.3. The Morgan fingerprint density at radius 2 is 1.89 bits per heavy atom. The number of amides is 3. The number of piperidine rings is 2. The normalized spacial score (nSPS) is 27.8. The molecule has 1 saturated carbocycles. The van der Waals surface area contributed by atoms with Gasteiger partial charge in [0, 0.05) is 40.5 Å². The molecule has 5 atom stereocenters. The molecule has 4 fully saturated rings. The fourth-order valence-corrected chi connectivity index (χ4v) is 5.90. The number of hydrogen-bond donors (Lipinski definition) is 2. The van der Waals surface area contributed by atoms with Crippen LogP contribution in [0.15, 0.2) is 18.2 Å². The molecule has 3 aliphatic heterocycles. The lowest BCUT2D eigenvalue weighted by molar-refractivity contribution is -0.207. The summed E-state index contributed by atoms with van der Waals surface area (Å²) in [5.74, 6) is -13.1. The highest BCUT2D eigenvalue weighted by atomic mass is 35.5. The van der Waals surface area contributed by atoms with Crippen LogP contribution in [0.4, 0.5) is 17.6 Å². The van der Waals surface area contributed by atoms with Crippen LogP contribution < -0.4 is 10.6 Å². The Labute approximate surface area is 214 Å². The number of nitriles is 1. The molecule has 3 heterocycles. The molecule has 194 valence electrons. The monoisotopic (exact) mass is 548 g/mol. The van der Waals surface area contributed by atoms with Gasteiger partial charge in [0.2, 0.25) is 11.8 Å². The standard InChI is InChI=1S/C23H22Cl2F4N4O3/c24-13-6-12(7-14(25)8-13)23(28,29)21(36)33-16-1-2-17(22(26,27)9-16)18(33)20(35)32-15(10-30)5-11-3-4-31-19(11)34/h6-8,11,15-18H,1-5,9H2,(H,31,34)(H,32,35)/t11-,15-,16+,17+,18-/m0/s1. The third kappa shape index (κ3) is 4.85. The molecule has 2 bridgehead atoms. The van der Waals surface area contributed by atoms with Crippen molar-refractivity contribution >= 4 is 40.9 Å². The topological polar surface area (TPSA) is 102 Å². The molecule has 13 heteroatoms. The summed E-state index contributed by atoms with van der Waals surface area (Å²) in [6, 6.07) is 0.232. The van der Waals surface area contributed by atoms with Crippen molar-refractivity contribution in [1.82, 2.24) is 15.5 Å². The fraction of sp³-hybridized carbons (Fsp3) is 0.565. The summed E-state index contributed by atoms with van der Waals surface area (Å²) in [5.41, 5.74) is -0.834. The van der Waals surface area contributed by atoms with Crippen LogP contribution in [-0.4, -0.2) is 53.2 Å². The predicted octanol–water partition coefficient (Wildman–Crippen LogP) is 3.63. The van der Waals surface area contributed by atoms with Gasteiger partial charge in [-0.15, -0.1) is 0 Å². The van der Waals surface area contributed by atoms with Crippen molar-refractivity contribution in [1.29, 1.82) is 5.26 Å².